The monoisotopic (exact) mass is 603 g/mol. The van der Waals surface area contributed by atoms with Crippen LogP contribution in [0.4, 0.5) is 0 Å². The molecule has 2 aliphatic rings. The Balaban J connectivity index is 1.09. The normalized spacial score (nSPS) is 18.2. The van der Waals surface area contributed by atoms with Gasteiger partial charge >= 0.3 is 5.97 Å². The van der Waals surface area contributed by atoms with E-state index >= 15 is 0 Å². The minimum Gasteiger partial charge on any atom is -0.466 e. The second-order valence-corrected chi connectivity index (χ2v) is 14.2. The summed E-state index contributed by atoms with van der Waals surface area (Å²) in [6.45, 7) is 18.3. The van der Waals surface area contributed by atoms with E-state index in [2.05, 4.69) is 68.8 Å². The van der Waals surface area contributed by atoms with Crippen LogP contribution in [-0.2, 0) is 35.5 Å². The number of aromatic amines is 1. The Hall–Kier alpha value is -3.01. The Morgan fingerprint density at radius 2 is 1.75 bits per heavy atom. The van der Waals surface area contributed by atoms with Crippen molar-refractivity contribution in [2.24, 2.45) is 10.8 Å². The first-order valence-electron chi connectivity index (χ1n) is 16.6. The van der Waals surface area contributed by atoms with Crippen LogP contribution >= 0.6 is 0 Å². The summed E-state index contributed by atoms with van der Waals surface area (Å²) in [4.78, 5) is 29.8. The van der Waals surface area contributed by atoms with E-state index in [9.17, 15) is 4.79 Å². The Bertz CT molecular complexity index is 1290. The minimum absolute atomic E-state index is 0.00736. The fourth-order valence-electron chi connectivity index (χ4n) is 6.99. The largest absolute Gasteiger partial charge is 0.466 e. The summed E-state index contributed by atoms with van der Waals surface area (Å²) >= 11 is 0. The molecule has 9 heteroatoms. The SMILES string of the molecule is CCOC(=O)Cc1ccc(CNC(Cc2nccn2CCCN2CCC3(CCN(CC(C)(C)C)CC3)C2)c2ncc[nH]2)cc1. The first-order valence-corrected chi connectivity index (χ1v) is 16.6. The molecule has 0 radical (unpaired) electrons. The lowest BCUT2D eigenvalue weighted by Gasteiger charge is -2.41. The molecule has 5 rings (SSSR count). The first kappa shape index (κ1) is 32.4. The number of rotatable bonds is 14. The van der Waals surface area contributed by atoms with Crippen molar-refractivity contribution in [3.8, 4) is 0 Å². The summed E-state index contributed by atoms with van der Waals surface area (Å²) in [6.07, 6.45) is 14.0. The maximum atomic E-state index is 11.8. The van der Waals surface area contributed by atoms with Crippen molar-refractivity contribution in [2.45, 2.75) is 85.4 Å². The number of nitrogens with zero attached hydrogens (tertiary/aromatic N) is 5. The van der Waals surface area contributed by atoms with E-state index in [0.717, 1.165) is 48.7 Å². The molecule has 9 nitrogen and oxygen atoms in total. The quantitative estimate of drug-likeness (QED) is 0.250. The Morgan fingerprint density at radius 1 is 1.02 bits per heavy atom. The van der Waals surface area contributed by atoms with Crippen LogP contribution in [0.5, 0.6) is 0 Å². The maximum Gasteiger partial charge on any atom is 0.310 e. The smallest absolute Gasteiger partial charge is 0.310 e. The molecular weight excluding hydrogens is 550 g/mol. The van der Waals surface area contributed by atoms with Gasteiger partial charge in [0.1, 0.15) is 11.6 Å². The van der Waals surface area contributed by atoms with Crippen LogP contribution in [0.1, 0.15) is 82.2 Å². The van der Waals surface area contributed by atoms with Gasteiger partial charge in [-0.05, 0) is 80.7 Å². The molecule has 44 heavy (non-hydrogen) atoms. The molecule has 0 amide bonds. The third-order valence-electron chi connectivity index (χ3n) is 9.27. The maximum absolute atomic E-state index is 11.8. The van der Waals surface area contributed by atoms with Crippen LogP contribution in [0.3, 0.4) is 0 Å². The van der Waals surface area contributed by atoms with E-state index in [-0.39, 0.29) is 12.0 Å². The van der Waals surface area contributed by atoms with Gasteiger partial charge in [0.25, 0.3) is 0 Å². The average molecular weight is 604 g/mol. The second-order valence-electron chi connectivity index (χ2n) is 14.2. The lowest BCUT2D eigenvalue weighted by Crippen LogP contribution is -2.44. The van der Waals surface area contributed by atoms with Crippen LogP contribution in [0.2, 0.25) is 0 Å². The molecule has 1 unspecified atom stereocenters. The number of carbonyl (C=O) groups excluding carboxylic acids is 1. The molecular formula is C35H53N7O2. The van der Waals surface area contributed by atoms with Crippen LogP contribution in [0.15, 0.2) is 49.1 Å². The van der Waals surface area contributed by atoms with Gasteiger partial charge in [-0.15, -0.1) is 0 Å². The summed E-state index contributed by atoms with van der Waals surface area (Å²) in [5.74, 6) is 1.80. The average Bonchev–Trinajstić information content (AvgIpc) is 3.75. The number of H-pyrrole nitrogens is 1. The van der Waals surface area contributed by atoms with Crippen LogP contribution in [0.25, 0.3) is 0 Å². The highest BCUT2D eigenvalue weighted by atomic mass is 16.5. The topological polar surface area (TPSA) is 91.3 Å². The minimum atomic E-state index is -0.191. The molecule has 1 atom stereocenters. The molecule has 2 saturated heterocycles. The Morgan fingerprint density at radius 3 is 2.43 bits per heavy atom. The zero-order valence-electron chi connectivity index (χ0n) is 27.4. The van der Waals surface area contributed by atoms with Crippen molar-refractivity contribution >= 4 is 5.97 Å². The number of aromatic nitrogens is 4. The lowest BCUT2D eigenvalue weighted by molar-refractivity contribution is -0.142. The van der Waals surface area contributed by atoms with Gasteiger partial charge in [-0.1, -0.05) is 45.0 Å². The standard InChI is InChI=1S/C35H53N7O2/c1-5-44-32(43)23-28-7-9-29(10-8-28)25-39-30(33-37-14-15-38-33)24-31-36-16-22-42(31)18-6-17-40-19-11-35(27-40)12-20-41(21-13-35)26-34(2,3)4/h7-10,14-16,22,30,39H,5-6,11-13,17-21,23-27H2,1-4H3,(H,37,38). The number of aryl methyl sites for hydroxylation is 1. The number of piperidine rings is 1. The summed E-state index contributed by atoms with van der Waals surface area (Å²) in [7, 11) is 0. The molecule has 1 spiro atoms. The molecule has 0 aliphatic carbocycles. The van der Waals surface area contributed by atoms with Crippen molar-refractivity contribution in [1.29, 1.82) is 0 Å². The number of likely N-dealkylation sites (tertiary alicyclic amines) is 2. The van der Waals surface area contributed by atoms with E-state index in [1.165, 1.54) is 52.0 Å². The highest BCUT2D eigenvalue weighted by Crippen LogP contribution is 2.40. The van der Waals surface area contributed by atoms with Crippen LogP contribution in [0, 0.1) is 10.8 Å². The van der Waals surface area contributed by atoms with E-state index in [1.807, 2.05) is 31.5 Å². The molecule has 3 aromatic rings. The lowest BCUT2D eigenvalue weighted by atomic mass is 9.77. The van der Waals surface area contributed by atoms with E-state index in [0.29, 0.717) is 30.4 Å². The van der Waals surface area contributed by atoms with Gasteiger partial charge in [0.2, 0.25) is 0 Å². The van der Waals surface area contributed by atoms with E-state index in [1.54, 1.807) is 6.20 Å². The van der Waals surface area contributed by atoms with Gasteiger partial charge in [0, 0.05) is 57.4 Å². The molecule has 0 saturated carbocycles. The van der Waals surface area contributed by atoms with Gasteiger partial charge in [-0.3, -0.25) is 4.79 Å². The molecule has 2 aliphatic heterocycles. The summed E-state index contributed by atoms with van der Waals surface area (Å²) < 4.78 is 7.39. The van der Waals surface area contributed by atoms with Gasteiger partial charge in [0.15, 0.2) is 0 Å². The predicted octanol–water partition coefficient (Wildman–Crippen LogP) is 5.01. The highest BCUT2D eigenvalue weighted by molar-refractivity contribution is 5.72. The highest BCUT2D eigenvalue weighted by Gasteiger charge is 2.40. The third kappa shape index (κ3) is 9.25. The molecule has 0 bridgehead atoms. The van der Waals surface area contributed by atoms with Crippen molar-refractivity contribution < 1.29 is 9.53 Å². The van der Waals surface area contributed by atoms with Crippen LogP contribution < -0.4 is 5.32 Å². The van der Waals surface area contributed by atoms with Gasteiger partial charge < -0.3 is 29.4 Å². The van der Waals surface area contributed by atoms with Gasteiger partial charge in [0.05, 0.1) is 19.1 Å². The number of nitrogens with one attached hydrogen (secondary N) is 2. The Kier molecular flexibility index (Phi) is 10.9. The number of hydrogen-bond donors (Lipinski definition) is 2. The fraction of sp³-hybridized carbons (Fsp3) is 0.629. The number of carbonyl (C=O) groups is 1. The van der Waals surface area contributed by atoms with Crippen molar-refractivity contribution in [2.75, 3.05) is 45.9 Å². The number of ether oxygens (including phenoxy) is 1. The number of esters is 1. The molecule has 240 valence electrons. The molecule has 2 fully saturated rings. The number of imidazole rings is 2. The van der Waals surface area contributed by atoms with Crippen molar-refractivity contribution in [3.05, 3.63) is 71.8 Å². The number of benzene rings is 1. The fourth-order valence-corrected chi connectivity index (χ4v) is 6.99. The summed E-state index contributed by atoms with van der Waals surface area (Å²) in [5, 5.41) is 3.68. The summed E-state index contributed by atoms with van der Waals surface area (Å²) in [5.41, 5.74) is 3.03. The predicted molar refractivity (Wildman–Crippen MR) is 174 cm³/mol. The first-order chi connectivity index (χ1) is 21.2. The Labute approximate surface area is 263 Å². The van der Waals surface area contributed by atoms with Crippen molar-refractivity contribution in [3.63, 3.8) is 0 Å². The van der Waals surface area contributed by atoms with Crippen LogP contribution in [-0.4, -0.2) is 81.2 Å². The number of hydrogen-bond acceptors (Lipinski definition) is 7. The van der Waals surface area contributed by atoms with Crippen molar-refractivity contribution in [1.82, 2.24) is 34.6 Å². The molecule has 1 aromatic carbocycles. The van der Waals surface area contributed by atoms with Gasteiger partial charge in [-0.2, -0.15) is 0 Å². The zero-order valence-corrected chi connectivity index (χ0v) is 27.4. The second kappa shape index (κ2) is 14.8. The molecule has 2 N–H and O–H groups in total. The van der Waals surface area contributed by atoms with Gasteiger partial charge in [-0.25, -0.2) is 9.97 Å². The molecule has 4 heterocycles. The van der Waals surface area contributed by atoms with E-state index in [4.69, 9.17) is 9.72 Å². The molecule has 2 aromatic heterocycles. The van der Waals surface area contributed by atoms with E-state index < -0.39 is 0 Å². The summed E-state index contributed by atoms with van der Waals surface area (Å²) in [6, 6.07) is 8.15. The zero-order chi connectivity index (χ0) is 31.0. The third-order valence-corrected chi connectivity index (χ3v) is 9.27.